The van der Waals surface area contributed by atoms with Crippen molar-refractivity contribution >= 4 is 11.8 Å². The molecule has 0 aliphatic rings. The minimum atomic E-state index is -0.453. The Morgan fingerprint density at radius 2 is 2.19 bits per heavy atom. The molecule has 0 radical (unpaired) electrons. The third-order valence-corrected chi connectivity index (χ3v) is 2.49. The molecule has 0 saturated heterocycles. The average Bonchev–Trinajstić information content (AvgIpc) is 2.28. The SMILES string of the molecule is CSc1nc(-c2cncc(F)c2)cc(=O)[nH]1. The van der Waals surface area contributed by atoms with Crippen molar-refractivity contribution in [1.82, 2.24) is 15.0 Å². The molecule has 4 nitrogen and oxygen atoms in total. The van der Waals surface area contributed by atoms with E-state index in [9.17, 15) is 9.18 Å². The molecule has 0 amide bonds. The van der Waals surface area contributed by atoms with Gasteiger partial charge in [-0.05, 0) is 12.3 Å². The van der Waals surface area contributed by atoms with Crippen LogP contribution in [0.25, 0.3) is 11.3 Å². The third kappa shape index (κ3) is 2.27. The lowest BCUT2D eigenvalue weighted by molar-refractivity contribution is 0.622. The number of pyridine rings is 1. The average molecular weight is 237 g/mol. The van der Waals surface area contributed by atoms with E-state index in [0.717, 1.165) is 6.20 Å². The van der Waals surface area contributed by atoms with Gasteiger partial charge in [-0.2, -0.15) is 0 Å². The van der Waals surface area contributed by atoms with Crippen molar-refractivity contribution in [2.75, 3.05) is 6.26 Å². The number of thioether (sulfide) groups is 1. The number of H-pyrrole nitrogens is 1. The lowest BCUT2D eigenvalue weighted by Crippen LogP contribution is -2.07. The van der Waals surface area contributed by atoms with Gasteiger partial charge in [0.2, 0.25) is 0 Å². The van der Waals surface area contributed by atoms with Crippen LogP contribution in [-0.2, 0) is 0 Å². The second-order valence-electron chi connectivity index (χ2n) is 3.03. The van der Waals surface area contributed by atoms with Crippen LogP contribution in [0.4, 0.5) is 4.39 Å². The first-order chi connectivity index (χ1) is 7.69. The van der Waals surface area contributed by atoms with E-state index in [1.54, 1.807) is 6.26 Å². The summed E-state index contributed by atoms with van der Waals surface area (Å²) in [6, 6.07) is 2.61. The highest BCUT2D eigenvalue weighted by Gasteiger charge is 2.04. The predicted molar refractivity (Wildman–Crippen MR) is 59.8 cm³/mol. The summed E-state index contributed by atoms with van der Waals surface area (Å²) in [6.45, 7) is 0. The highest BCUT2D eigenvalue weighted by molar-refractivity contribution is 7.98. The molecule has 0 atom stereocenters. The quantitative estimate of drug-likeness (QED) is 0.638. The number of nitrogens with zero attached hydrogens (tertiary/aromatic N) is 2. The van der Waals surface area contributed by atoms with Crippen LogP contribution in [0.3, 0.4) is 0 Å². The molecule has 0 fully saturated rings. The molecule has 16 heavy (non-hydrogen) atoms. The summed E-state index contributed by atoms with van der Waals surface area (Å²) in [5.74, 6) is -0.453. The summed E-state index contributed by atoms with van der Waals surface area (Å²) in [5.41, 5.74) is 0.639. The van der Waals surface area contributed by atoms with Crippen LogP contribution in [0.2, 0.25) is 0 Å². The van der Waals surface area contributed by atoms with Crippen LogP contribution in [0.1, 0.15) is 0 Å². The Morgan fingerprint density at radius 1 is 1.38 bits per heavy atom. The summed E-state index contributed by atoms with van der Waals surface area (Å²) in [4.78, 5) is 21.7. The fourth-order valence-electron chi connectivity index (χ4n) is 1.23. The number of hydrogen-bond donors (Lipinski definition) is 1. The van der Waals surface area contributed by atoms with Crippen molar-refractivity contribution < 1.29 is 4.39 Å². The maximum atomic E-state index is 13.0. The molecule has 0 aliphatic heterocycles. The van der Waals surface area contributed by atoms with Crippen molar-refractivity contribution in [3.63, 3.8) is 0 Å². The van der Waals surface area contributed by atoms with Crippen LogP contribution in [-0.4, -0.2) is 21.2 Å². The zero-order valence-corrected chi connectivity index (χ0v) is 9.21. The van der Waals surface area contributed by atoms with Crippen LogP contribution in [0, 0.1) is 5.82 Å². The highest BCUT2D eigenvalue weighted by atomic mass is 32.2. The van der Waals surface area contributed by atoms with Crippen molar-refractivity contribution in [1.29, 1.82) is 0 Å². The maximum absolute atomic E-state index is 13.0. The Labute approximate surface area is 95.0 Å². The normalized spacial score (nSPS) is 10.4. The molecule has 0 aliphatic carbocycles. The van der Waals surface area contributed by atoms with Gasteiger partial charge in [0, 0.05) is 17.8 Å². The van der Waals surface area contributed by atoms with Gasteiger partial charge >= 0.3 is 0 Å². The Hall–Kier alpha value is -1.69. The van der Waals surface area contributed by atoms with E-state index in [2.05, 4.69) is 15.0 Å². The Morgan fingerprint density at radius 3 is 2.88 bits per heavy atom. The number of halogens is 1. The van der Waals surface area contributed by atoms with E-state index in [4.69, 9.17) is 0 Å². The molecule has 0 unspecified atom stereocenters. The molecule has 0 saturated carbocycles. The van der Waals surface area contributed by atoms with E-state index >= 15 is 0 Å². The first-order valence-corrected chi connectivity index (χ1v) is 5.68. The van der Waals surface area contributed by atoms with Gasteiger partial charge in [0.15, 0.2) is 5.16 Å². The number of hydrogen-bond acceptors (Lipinski definition) is 4. The molecule has 6 heteroatoms. The Bertz CT molecular complexity index is 570. The number of rotatable bonds is 2. The number of nitrogens with one attached hydrogen (secondary N) is 1. The molecular formula is C10H8FN3OS. The fourth-order valence-corrected chi connectivity index (χ4v) is 1.62. The molecule has 0 aromatic carbocycles. The van der Waals surface area contributed by atoms with Crippen LogP contribution < -0.4 is 5.56 Å². The Kier molecular flexibility index (Phi) is 3.00. The van der Waals surface area contributed by atoms with Crippen LogP contribution >= 0.6 is 11.8 Å². The third-order valence-electron chi connectivity index (χ3n) is 1.91. The first kappa shape index (κ1) is 10.8. The summed E-state index contributed by atoms with van der Waals surface area (Å²) in [6.07, 6.45) is 4.37. The zero-order valence-electron chi connectivity index (χ0n) is 8.40. The molecule has 0 bridgehead atoms. The van der Waals surface area contributed by atoms with E-state index in [1.807, 2.05) is 0 Å². The van der Waals surface area contributed by atoms with Gasteiger partial charge in [0.25, 0.3) is 5.56 Å². The molecule has 2 aromatic heterocycles. The molecule has 2 aromatic rings. The van der Waals surface area contributed by atoms with E-state index in [-0.39, 0.29) is 5.56 Å². The summed E-state index contributed by atoms with van der Waals surface area (Å²) in [7, 11) is 0. The Balaban J connectivity index is 2.55. The second-order valence-corrected chi connectivity index (χ2v) is 3.83. The van der Waals surface area contributed by atoms with Crippen molar-refractivity contribution in [2.24, 2.45) is 0 Å². The number of aromatic amines is 1. The van der Waals surface area contributed by atoms with Gasteiger partial charge in [-0.15, -0.1) is 0 Å². The second kappa shape index (κ2) is 4.44. The van der Waals surface area contributed by atoms with Gasteiger partial charge in [-0.1, -0.05) is 11.8 Å². The summed E-state index contributed by atoms with van der Waals surface area (Å²) < 4.78 is 13.0. The summed E-state index contributed by atoms with van der Waals surface area (Å²) in [5, 5.41) is 0.492. The van der Waals surface area contributed by atoms with Gasteiger partial charge < -0.3 is 4.98 Å². The van der Waals surface area contributed by atoms with Crippen molar-refractivity contribution in [2.45, 2.75) is 5.16 Å². The van der Waals surface area contributed by atoms with Gasteiger partial charge in [0.1, 0.15) is 5.82 Å². The van der Waals surface area contributed by atoms with E-state index in [0.29, 0.717) is 16.4 Å². The molecule has 2 rings (SSSR count). The minimum absolute atomic E-state index is 0.265. The smallest absolute Gasteiger partial charge is 0.252 e. The highest BCUT2D eigenvalue weighted by Crippen LogP contribution is 2.17. The molecular weight excluding hydrogens is 229 g/mol. The lowest BCUT2D eigenvalue weighted by Gasteiger charge is -2.01. The van der Waals surface area contributed by atoms with Crippen molar-refractivity contribution in [3.8, 4) is 11.3 Å². The van der Waals surface area contributed by atoms with E-state index < -0.39 is 5.82 Å². The molecule has 1 N–H and O–H groups in total. The monoisotopic (exact) mass is 237 g/mol. The predicted octanol–water partition coefficient (Wildman–Crippen LogP) is 1.69. The van der Waals surface area contributed by atoms with Crippen LogP contribution in [0.15, 0.2) is 34.5 Å². The minimum Gasteiger partial charge on any atom is -0.301 e. The van der Waals surface area contributed by atoms with Crippen LogP contribution in [0.5, 0.6) is 0 Å². The van der Waals surface area contributed by atoms with Gasteiger partial charge in [-0.3, -0.25) is 9.78 Å². The van der Waals surface area contributed by atoms with Gasteiger partial charge in [0.05, 0.1) is 11.9 Å². The zero-order chi connectivity index (χ0) is 11.5. The molecule has 2 heterocycles. The van der Waals surface area contributed by atoms with Crippen molar-refractivity contribution in [3.05, 3.63) is 40.7 Å². The van der Waals surface area contributed by atoms with Gasteiger partial charge in [-0.25, -0.2) is 9.37 Å². The topological polar surface area (TPSA) is 58.6 Å². The first-order valence-electron chi connectivity index (χ1n) is 4.45. The molecule has 82 valence electrons. The standard InChI is InChI=1S/C10H8FN3OS/c1-16-10-13-8(3-9(15)14-10)6-2-7(11)5-12-4-6/h2-5H,1H3,(H,13,14,15). The largest absolute Gasteiger partial charge is 0.301 e. The number of aromatic nitrogens is 3. The maximum Gasteiger partial charge on any atom is 0.252 e. The fraction of sp³-hybridized carbons (Fsp3) is 0.100. The molecule has 0 spiro atoms. The van der Waals surface area contributed by atoms with E-state index in [1.165, 1.54) is 30.1 Å². The lowest BCUT2D eigenvalue weighted by atomic mass is 10.2. The summed E-state index contributed by atoms with van der Waals surface area (Å²) >= 11 is 1.32.